The predicted octanol–water partition coefficient (Wildman–Crippen LogP) is 2.45. The van der Waals surface area contributed by atoms with Crippen molar-refractivity contribution in [3.05, 3.63) is 33.6 Å². The van der Waals surface area contributed by atoms with E-state index in [1.54, 1.807) is 0 Å². The Balaban J connectivity index is 2.06. The van der Waals surface area contributed by atoms with E-state index < -0.39 is 0 Å². The van der Waals surface area contributed by atoms with Crippen molar-refractivity contribution in [3.63, 3.8) is 0 Å². The molecule has 2 N–H and O–H groups in total. The van der Waals surface area contributed by atoms with Gasteiger partial charge in [0, 0.05) is 10.0 Å². The number of fused-ring (bicyclic) bond motifs is 1. The molecule has 1 heterocycles. The van der Waals surface area contributed by atoms with Gasteiger partial charge >= 0.3 is 0 Å². The number of benzene rings is 1. The molecule has 5 heteroatoms. The van der Waals surface area contributed by atoms with Gasteiger partial charge in [-0.25, -0.2) is 0 Å². The van der Waals surface area contributed by atoms with Crippen LogP contribution < -0.4 is 5.73 Å². The van der Waals surface area contributed by atoms with Crippen molar-refractivity contribution in [1.29, 1.82) is 0 Å². The SMILES string of the molecule is NCc1nc(-c2cc(Br)c3c(c2)CCC3)no1. The van der Waals surface area contributed by atoms with Crippen molar-refractivity contribution >= 4 is 15.9 Å². The average Bonchev–Trinajstić information content (AvgIpc) is 2.97. The van der Waals surface area contributed by atoms with E-state index in [4.69, 9.17) is 10.3 Å². The molecule has 0 aliphatic heterocycles. The Hall–Kier alpha value is -1.20. The molecule has 17 heavy (non-hydrogen) atoms. The van der Waals surface area contributed by atoms with Crippen LogP contribution in [0.5, 0.6) is 0 Å². The van der Waals surface area contributed by atoms with Gasteiger partial charge in [-0.05, 0) is 42.5 Å². The van der Waals surface area contributed by atoms with Gasteiger partial charge < -0.3 is 10.3 Å². The second kappa shape index (κ2) is 4.23. The monoisotopic (exact) mass is 293 g/mol. The minimum absolute atomic E-state index is 0.277. The highest BCUT2D eigenvalue weighted by Crippen LogP contribution is 2.33. The van der Waals surface area contributed by atoms with E-state index in [1.165, 1.54) is 17.5 Å². The maximum atomic E-state index is 5.46. The van der Waals surface area contributed by atoms with Crippen LogP contribution in [0.2, 0.25) is 0 Å². The van der Waals surface area contributed by atoms with E-state index >= 15 is 0 Å². The van der Waals surface area contributed by atoms with E-state index in [9.17, 15) is 0 Å². The number of rotatable bonds is 2. The standard InChI is InChI=1S/C12H12BrN3O/c13-10-5-8(4-7-2-1-3-9(7)10)12-15-11(6-14)17-16-12/h4-5H,1-3,6,14H2. The zero-order valence-corrected chi connectivity index (χ0v) is 10.8. The summed E-state index contributed by atoms with van der Waals surface area (Å²) in [5.74, 6) is 1.08. The third-order valence-electron chi connectivity index (χ3n) is 3.06. The number of aryl methyl sites for hydroxylation is 1. The highest BCUT2D eigenvalue weighted by molar-refractivity contribution is 9.10. The summed E-state index contributed by atoms with van der Waals surface area (Å²) >= 11 is 3.61. The van der Waals surface area contributed by atoms with Crippen LogP contribution in [-0.2, 0) is 19.4 Å². The molecule has 0 fully saturated rings. The third kappa shape index (κ3) is 1.89. The first-order chi connectivity index (χ1) is 8.28. The summed E-state index contributed by atoms with van der Waals surface area (Å²) in [5.41, 5.74) is 9.24. The zero-order chi connectivity index (χ0) is 11.8. The van der Waals surface area contributed by atoms with E-state index in [0.29, 0.717) is 11.7 Å². The fourth-order valence-electron chi connectivity index (χ4n) is 2.24. The lowest BCUT2D eigenvalue weighted by atomic mass is 10.1. The van der Waals surface area contributed by atoms with Gasteiger partial charge in [-0.1, -0.05) is 21.1 Å². The van der Waals surface area contributed by atoms with Gasteiger partial charge in [0.25, 0.3) is 0 Å². The molecule has 3 rings (SSSR count). The number of hydrogen-bond acceptors (Lipinski definition) is 4. The molecular weight excluding hydrogens is 282 g/mol. The molecule has 0 radical (unpaired) electrons. The van der Waals surface area contributed by atoms with E-state index in [2.05, 4.69) is 38.2 Å². The molecule has 4 nitrogen and oxygen atoms in total. The van der Waals surface area contributed by atoms with Crippen LogP contribution in [0.25, 0.3) is 11.4 Å². The maximum absolute atomic E-state index is 5.46. The highest BCUT2D eigenvalue weighted by atomic mass is 79.9. The Labute approximate surface area is 107 Å². The lowest BCUT2D eigenvalue weighted by Gasteiger charge is -2.04. The Morgan fingerprint density at radius 3 is 3.00 bits per heavy atom. The van der Waals surface area contributed by atoms with Crippen LogP contribution in [0, 0.1) is 0 Å². The quantitative estimate of drug-likeness (QED) is 0.924. The van der Waals surface area contributed by atoms with Gasteiger partial charge in [-0.3, -0.25) is 0 Å². The van der Waals surface area contributed by atoms with Crippen LogP contribution in [-0.4, -0.2) is 10.1 Å². The van der Waals surface area contributed by atoms with Gasteiger partial charge in [-0.2, -0.15) is 4.98 Å². The molecule has 88 valence electrons. The second-order valence-corrected chi connectivity index (χ2v) is 5.02. The Kier molecular flexibility index (Phi) is 2.72. The fourth-order valence-corrected chi connectivity index (χ4v) is 2.94. The number of halogens is 1. The Morgan fingerprint density at radius 2 is 2.24 bits per heavy atom. The predicted molar refractivity (Wildman–Crippen MR) is 67.4 cm³/mol. The molecule has 1 aliphatic rings. The van der Waals surface area contributed by atoms with Gasteiger partial charge in [-0.15, -0.1) is 0 Å². The number of nitrogens with zero attached hydrogens (tertiary/aromatic N) is 2. The molecule has 1 aliphatic carbocycles. The smallest absolute Gasteiger partial charge is 0.240 e. The first kappa shape index (κ1) is 10.9. The van der Waals surface area contributed by atoms with Crippen molar-refractivity contribution in [2.75, 3.05) is 0 Å². The molecule has 1 aromatic carbocycles. The lowest BCUT2D eigenvalue weighted by Crippen LogP contribution is -1.95. The van der Waals surface area contributed by atoms with Crippen molar-refractivity contribution in [2.24, 2.45) is 5.73 Å². The molecule has 0 amide bonds. The van der Waals surface area contributed by atoms with Crippen LogP contribution in [0.3, 0.4) is 0 Å². The first-order valence-electron chi connectivity index (χ1n) is 5.62. The van der Waals surface area contributed by atoms with Crippen LogP contribution >= 0.6 is 15.9 Å². The molecule has 0 saturated heterocycles. The summed E-state index contributed by atoms with van der Waals surface area (Å²) < 4.78 is 6.17. The highest BCUT2D eigenvalue weighted by Gasteiger charge is 2.17. The number of nitrogens with two attached hydrogens (primary N) is 1. The summed E-state index contributed by atoms with van der Waals surface area (Å²) in [5, 5.41) is 3.94. The van der Waals surface area contributed by atoms with Gasteiger partial charge in [0.2, 0.25) is 11.7 Å². The maximum Gasteiger partial charge on any atom is 0.240 e. The molecule has 0 spiro atoms. The molecular formula is C12H12BrN3O. The number of hydrogen-bond donors (Lipinski definition) is 1. The van der Waals surface area contributed by atoms with E-state index in [-0.39, 0.29) is 6.54 Å². The van der Waals surface area contributed by atoms with Gasteiger partial charge in [0.15, 0.2) is 0 Å². The molecule has 0 unspecified atom stereocenters. The van der Waals surface area contributed by atoms with E-state index in [0.717, 1.165) is 22.9 Å². The number of aromatic nitrogens is 2. The van der Waals surface area contributed by atoms with Gasteiger partial charge in [0.05, 0.1) is 6.54 Å². The zero-order valence-electron chi connectivity index (χ0n) is 9.24. The summed E-state index contributed by atoms with van der Waals surface area (Å²) in [7, 11) is 0. The summed E-state index contributed by atoms with van der Waals surface area (Å²) in [6.07, 6.45) is 3.50. The molecule has 0 atom stereocenters. The van der Waals surface area contributed by atoms with Gasteiger partial charge in [0.1, 0.15) is 0 Å². The third-order valence-corrected chi connectivity index (χ3v) is 3.77. The largest absolute Gasteiger partial charge is 0.338 e. The van der Waals surface area contributed by atoms with Crippen molar-refractivity contribution in [1.82, 2.24) is 10.1 Å². The summed E-state index contributed by atoms with van der Waals surface area (Å²) in [6, 6.07) is 4.20. The molecule has 0 bridgehead atoms. The molecule has 2 aromatic rings. The normalized spacial score (nSPS) is 14.0. The minimum Gasteiger partial charge on any atom is -0.338 e. The Bertz CT molecular complexity index is 565. The van der Waals surface area contributed by atoms with Crippen molar-refractivity contribution in [3.8, 4) is 11.4 Å². The van der Waals surface area contributed by atoms with E-state index in [1.807, 2.05) is 0 Å². The van der Waals surface area contributed by atoms with Crippen molar-refractivity contribution in [2.45, 2.75) is 25.8 Å². The summed E-state index contributed by atoms with van der Waals surface area (Å²) in [4.78, 5) is 4.24. The minimum atomic E-state index is 0.277. The van der Waals surface area contributed by atoms with Crippen LogP contribution in [0.15, 0.2) is 21.1 Å². The average molecular weight is 294 g/mol. The molecule has 1 aromatic heterocycles. The Morgan fingerprint density at radius 1 is 1.35 bits per heavy atom. The lowest BCUT2D eigenvalue weighted by molar-refractivity contribution is 0.380. The topological polar surface area (TPSA) is 64.9 Å². The van der Waals surface area contributed by atoms with Crippen LogP contribution in [0.4, 0.5) is 0 Å². The first-order valence-corrected chi connectivity index (χ1v) is 6.41. The van der Waals surface area contributed by atoms with Crippen LogP contribution in [0.1, 0.15) is 23.4 Å². The fraction of sp³-hybridized carbons (Fsp3) is 0.333. The summed E-state index contributed by atoms with van der Waals surface area (Å²) in [6.45, 7) is 0.277. The van der Waals surface area contributed by atoms with Crippen molar-refractivity contribution < 1.29 is 4.52 Å². The second-order valence-electron chi connectivity index (χ2n) is 4.17. The molecule has 0 saturated carbocycles.